The summed E-state index contributed by atoms with van der Waals surface area (Å²) in [6.07, 6.45) is 0.708. The number of amides is 1. The van der Waals surface area contributed by atoms with E-state index in [1.165, 1.54) is 0 Å². The Morgan fingerprint density at radius 1 is 0.969 bits per heavy atom. The van der Waals surface area contributed by atoms with E-state index in [1.54, 1.807) is 14.2 Å². The third kappa shape index (κ3) is 6.46. The monoisotopic (exact) mass is 435 g/mol. The predicted molar refractivity (Wildman–Crippen MR) is 126 cm³/mol. The lowest BCUT2D eigenvalue weighted by Gasteiger charge is -2.12. The van der Waals surface area contributed by atoms with Crippen LogP contribution < -0.4 is 19.5 Å². The Labute approximate surface area is 188 Å². The van der Waals surface area contributed by atoms with Gasteiger partial charge in [-0.15, -0.1) is 0 Å². The van der Waals surface area contributed by atoms with E-state index in [2.05, 4.69) is 10.3 Å². The van der Waals surface area contributed by atoms with E-state index in [0.717, 1.165) is 22.5 Å². The van der Waals surface area contributed by atoms with Crippen molar-refractivity contribution in [3.05, 3.63) is 66.2 Å². The zero-order chi connectivity index (χ0) is 22.9. The van der Waals surface area contributed by atoms with Gasteiger partial charge in [-0.05, 0) is 50.0 Å². The average molecular weight is 436 g/mol. The smallest absolute Gasteiger partial charge is 0.238 e. The number of hydrogen-bond acceptors (Lipinski definition) is 6. The van der Waals surface area contributed by atoms with Crippen molar-refractivity contribution in [3.63, 3.8) is 0 Å². The highest BCUT2D eigenvalue weighted by Crippen LogP contribution is 2.28. The first-order valence-electron chi connectivity index (χ1n) is 10.3. The van der Waals surface area contributed by atoms with Gasteiger partial charge in [0.2, 0.25) is 11.8 Å². The fraction of sp³-hybridized carbons (Fsp3) is 0.280. The van der Waals surface area contributed by atoms with Gasteiger partial charge in [0, 0.05) is 23.7 Å². The number of pyridine rings is 1. The highest BCUT2D eigenvalue weighted by atomic mass is 16.5. The van der Waals surface area contributed by atoms with Gasteiger partial charge in [0.05, 0.1) is 33.1 Å². The first kappa shape index (κ1) is 23.1. The van der Waals surface area contributed by atoms with Gasteiger partial charge in [-0.3, -0.25) is 4.79 Å². The van der Waals surface area contributed by atoms with E-state index >= 15 is 0 Å². The Balaban J connectivity index is 1.63. The van der Waals surface area contributed by atoms with E-state index in [9.17, 15) is 4.79 Å². The molecular formula is C25H29N3O4. The van der Waals surface area contributed by atoms with Crippen LogP contribution in [0, 0.1) is 0 Å². The molecule has 0 spiro atoms. The molecule has 3 aromatic rings. The molecule has 3 rings (SSSR count). The van der Waals surface area contributed by atoms with Crippen molar-refractivity contribution in [1.82, 2.24) is 9.88 Å². The normalized spacial score (nSPS) is 10.7. The van der Waals surface area contributed by atoms with Gasteiger partial charge in [0.15, 0.2) is 11.5 Å². The number of carbonyl (C=O) groups excluding carboxylic acids is 1. The van der Waals surface area contributed by atoms with Gasteiger partial charge in [0.1, 0.15) is 0 Å². The molecule has 2 aromatic carbocycles. The van der Waals surface area contributed by atoms with E-state index in [1.807, 2.05) is 79.7 Å². The topological polar surface area (TPSA) is 72.9 Å². The molecule has 1 aromatic heterocycles. The van der Waals surface area contributed by atoms with Crippen molar-refractivity contribution in [2.45, 2.75) is 6.42 Å². The van der Waals surface area contributed by atoms with Crippen LogP contribution in [0.5, 0.6) is 17.4 Å². The van der Waals surface area contributed by atoms with Gasteiger partial charge in [-0.2, -0.15) is 0 Å². The standard InChI is InChI=1S/C25H29N3O4/c1-28(2)17-24(29)26-20-8-5-7-19(16-20)21-9-6-10-25(27-21)32-14-13-18-11-12-22(30-3)23(15-18)31-4/h5-12,15-16H,13-14,17H2,1-4H3,(H,26,29). The van der Waals surface area contributed by atoms with Crippen LogP contribution in [0.4, 0.5) is 5.69 Å². The number of methoxy groups -OCH3 is 2. The number of nitrogens with zero attached hydrogens (tertiary/aromatic N) is 2. The molecule has 0 aliphatic heterocycles. The zero-order valence-corrected chi connectivity index (χ0v) is 18.9. The highest BCUT2D eigenvalue weighted by molar-refractivity contribution is 5.92. The summed E-state index contributed by atoms with van der Waals surface area (Å²) in [6.45, 7) is 0.804. The molecule has 1 N–H and O–H groups in total. The Morgan fingerprint density at radius 2 is 1.75 bits per heavy atom. The van der Waals surface area contributed by atoms with Crippen LogP contribution in [0.15, 0.2) is 60.7 Å². The lowest BCUT2D eigenvalue weighted by Crippen LogP contribution is -2.27. The Bertz CT molecular complexity index is 1050. The van der Waals surface area contributed by atoms with E-state index in [0.29, 0.717) is 37.0 Å². The van der Waals surface area contributed by atoms with Crippen molar-refractivity contribution in [2.75, 3.05) is 46.8 Å². The van der Waals surface area contributed by atoms with E-state index in [-0.39, 0.29) is 5.91 Å². The number of ether oxygens (including phenoxy) is 3. The molecule has 0 unspecified atom stereocenters. The lowest BCUT2D eigenvalue weighted by molar-refractivity contribution is -0.116. The van der Waals surface area contributed by atoms with Gasteiger partial charge in [-0.1, -0.05) is 24.3 Å². The molecule has 1 amide bonds. The molecule has 7 nitrogen and oxygen atoms in total. The Morgan fingerprint density at radius 3 is 2.50 bits per heavy atom. The number of hydrogen-bond donors (Lipinski definition) is 1. The SMILES string of the molecule is COc1ccc(CCOc2cccc(-c3cccc(NC(=O)CN(C)C)c3)n2)cc1OC. The Hall–Kier alpha value is -3.58. The molecule has 0 radical (unpaired) electrons. The zero-order valence-electron chi connectivity index (χ0n) is 18.9. The van der Waals surface area contributed by atoms with Crippen LogP contribution in [0.25, 0.3) is 11.3 Å². The van der Waals surface area contributed by atoms with Crippen LogP contribution in [0.3, 0.4) is 0 Å². The molecule has 0 fully saturated rings. The number of carbonyl (C=O) groups is 1. The summed E-state index contributed by atoms with van der Waals surface area (Å²) in [5.41, 5.74) is 3.49. The summed E-state index contributed by atoms with van der Waals surface area (Å²) in [5.74, 6) is 1.88. The maximum atomic E-state index is 12.0. The Kier molecular flexibility index (Phi) is 8.05. The third-order valence-corrected chi connectivity index (χ3v) is 4.71. The lowest BCUT2D eigenvalue weighted by atomic mass is 10.1. The second-order valence-electron chi connectivity index (χ2n) is 7.52. The summed E-state index contributed by atoms with van der Waals surface area (Å²) in [4.78, 5) is 18.5. The minimum Gasteiger partial charge on any atom is -0.493 e. The molecule has 0 aliphatic carbocycles. The summed E-state index contributed by atoms with van der Waals surface area (Å²) in [5, 5.41) is 2.91. The molecule has 0 saturated heterocycles. The van der Waals surface area contributed by atoms with Crippen molar-refractivity contribution in [2.24, 2.45) is 0 Å². The minimum absolute atomic E-state index is 0.0626. The first-order valence-corrected chi connectivity index (χ1v) is 10.3. The molecule has 7 heteroatoms. The molecule has 32 heavy (non-hydrogen) atoms. The van der Waals surface area contributed by atoms with Crippen LogP contribution in [0.2, 0.25) is 0 Å². The third-order valence-electron chi connectivity index (χ3n) is 4.71. The number of likely N-dealkylation sites (N-methyl/N-ethyl adjacent to an activating group) is 1. The van der Waals surface area contributed by atoms with Gasteiger partial charge in [0.25, 0.3) is 0 Å². The number of nitrogens with one attached hydrogen (secondary N) is 1. The van der Waals surface area contributed by atoms with Crippen molar-refractivity contribution >= 4 is 11.6 Å². The van der Waals surface area contributed by atoms with Gasteiger partial charge < -0.3 is 24.4 Å². The van der Waals surface area contributed by atoms with Crippen LogP contribution >= 0.6 is 0 Å². The molecule has 0 saturated carbocycles. The molecule has 1 heterocycles. The van der Waals surface area contributed by atoms with Crippen LogP contribution in [0.1, 0.15) is 5.56 Å². The second kappa shape index (κ2) is 11.2. The van der Waals surface area contributed by atoms with Gasteiger partial charge in [-0.25, -0.2) is 4.98 Å². The summed E-state index contributed by atoms with van der Waals surface area (Å²) < 4.78 is 16.5. The van der Waals surface area contributed by atoms with E-state index < -0.39 is 0 Å². The molecule has 0 atom stereocenters. The molecular weight excluding hydrogens is 406 g/mol. The summed E-state index contributed by atoms with van der Waals surface area (Å²) in [7, 11) is 6.95. The van der Waals surface area contributed by atoms with Crippen molar-refractivity contribution in [3.8, 4) is 28.6 Å². The average Bonchev–Trinajstić information content (AvgIpc) is 2.78. The minimum atomic E-state index is -0.0626. The fourth-order valence-corrected chi connectivity index (χ4v) is 3.21. The molecule has 0 bridgehead atoms. The number of benzene rings is 2. The number of aromatic nitrogens is 1. The van der Waals surface area contributed by atoms with Crippen LogP contribution in [-0.4, -0.2) is 57.3 Å². The number of rotatable bonds is 10. The first-order chi connectivity index (χ1) is 15.5. The maximum Gasteiger partial charge on any atom is 0.238 e. The van der Waals surface area contributed by atoms with Crippen molar-refractivity contribution < 1.29 is 19.0 Å². The van der Waals surface area contributed by atoms with Gasteiger partial charge >= 0.3 is 0 Å². The quantitative estimate of drug-likeness (QED) is 0.521. The summed E-state index contributed by atoms with van der Waals surface area (Å²) >= 11 is 0. The summed E-state index contributed by atoms with van der Waals surface area (Å²) in [6, 6.07) is 19.1. The van der Waals surface area contributed by atoms with Crippen molar-refractivity contribution in [1.29, 1.82) is 0 Å². The maximum absolute atomic E-state index is 12.0. The molecule has 0 aliphatic rings. The molecule has 168 valence electrons. The second-order valence-corrected chi connectivity index (χ2v) is 7.52. The predicted octanol–water partition coefficient (Wildman–Crippen LogP) is 3.89. The number of anilines is 1. The highest BCUT2D eigenvalue weighted by Gasteiger charge is 2.08. The van der Waals surface area contributed by atoms with E-state index in [4.69, 9.17) is 14.2 Å². The fourth-order valence-electron chi connectivity index (χ4n) is 3.21. The largest absolute Gasteiger partial charge is 0.493 e. The van der Waals surface area contributed by atoms with Crippen LogP contribution in [-0.2, 0) is 11.2 Å².